The number of likely N-dealkylation sites (tertiary alicyclic amines) is 1. The van der Waals surface area contributed by atoms with Crippen molar-refractivity contribution in [3.05, 3.63) is 29.8 Å². The number of rotatable bonds is 7. The van der Waals surface area contributed by atoms with Gasteiger partial charge >= 0.3 is 0 Å². The summed E-state index contributed by atoms with van der Waals surface area (Å²) in [6, 6.07) is 7.78. The summed E-state index contributed by atoms with van der Waals surface area (Å²) in [6.07, 6.45) is 5.31. The van der Waals surface area contributed by atoms with Gasteiger partial charge in [-0.25, -0.2) is 4.99 Å². The van der Waals surface area contributed by atoms with E-state index in [9.17, 15) is 9.59 Å². The minimum absolute atomic E-state index is 0. The van der Waals surface area contributed by atoms with Gasteiger partial charge in [-0.15, -0.1) is 24.0 Å². The maximum absolute atomic E-state index is 12.2. The standard InChI is InChI=1S/C21H31N5O2.HI/c1-2-22-21(24-15-19(27)26-11-3-4-12-26)23-14-16-7-5-10-18(13-16)25-20(28)17-8-6-9-17;/h5,7,10,13,17H,2-4,6,8-9,11-12,14-15H2,1H3,(H,25,28)(H2,22,23,24);1H. The quantitative estimate of drug-likeness (QED) is 0.298. The van der Waals surface area contributed by atoms with Gasteiger partial charge in [0.2, 0.25) is 11.8 Å². The van der Waals surface area contributed by atoms with E-state index in [-0.39, 0.29) is 48.3 Å². The molecule has 2 fully saturated rings. The third-order valence-corrected chi connectivity index (χ3v) is 5.30. The Kier molecular flexibility index (Phi) is 9.69. The molecule has 0 unspecified atom stereocenters. The first-order valence-electron chi connectivity index (χ1n) is 10.4. The lowest BCUT2D eigenvalue weighted by molar-refractivity contribution is -0.129. The molecule has 160 valence electrons. The largest absolute Gasteiger partial charge is 0.357 e. The molecule has 0 aromatic heterocycles. The monoisotopic (exact) mass is 513 g/mol. The van der Waals surface area contributed by atoms with Crippen LogP contribution >= 0.6 is 24.0 Å². The van der Waals surface area contributed by atoms with E-state index in [1.54, 1.807) is 0 Å². The van der Waals surface area contributed by atoms with Crippen LogP contribution in [0.5, 0.6) is 0 Å². The Hall–Kier alpha value is -1.84. The van der Waals surface area contributed by atoms with Crippen LogP contribution in [0.3, 0.4) is 0 Å². The first kappa shape index (κ1) is 23.4. The van der Waals surface area contributed by atoms with E-state index in [2.05, 4.69) is 20.9 Å². The average molecular weight is 513 g/mol. The maximum Gasteiger partial charge on any atom is 0.241 e. The lowest BCUT2D eigenvalue weighted by Gasteiger charge is -2.24. The number of nitrogens with one attached hydrogen (secondary N) is 3. The molecule has 1 aliphatic carbocycles. The summed E-state index contributed by atoms with van der Waals surface area (Å²) < 4.78 is 0. The Morgan fingerprint density at radius 2 is 1.90 bits per heavy atom. The van der Waals surface area contributed by atoms with Crippen molar-refractivity contribution in [2.45, 2.75) is 45.6 Å². The molecule has 1 saturated carbocycles. The minimum atomic E-state index is 0. The molecule has 1 aromatic carbocycles. The highest BCUT2D eigenvalue weighted by Gasteiger charge is 2.25. The SMILES string of the molecule is CCNC(=NCc1cccc(NC(=O)C2CCC2)c1)NCC(=O)N1CCCC1.I. The number of aliphatic imine (C=N–C) groups is 1. The van der Waals surface area contributed by atoms with Crippen molar-refractivity contribution in [2.24, 2.45) is 10.9 Å². The lowest BCUT2D eigenvalue weighted by atomic mass is 9.85. The first-order chi connectivity index (χ1) is 13.7. The van der Waals surface area contributed by atoms with Crippen molar-refractivity contribution in [3.8, 4) is 0 Å². The van der Waals surface area contributed by atoms with Gasteiger partial charge in [0.15, 0.2) is 5.96 Å². The molecule has 0 atom stereocenters. The number of carbonyl (C=O) groups is 2. The molecule has 7 nitrogen and oxygen atoms in total. The van der Waals surface area contributed by atoms with Crippen LogP contribution in [0.4, 0.5) is 5.69 Å². The van der Waals surface area contributed by atoms with Crippen LogP contribution < -0.4 is 16.0 Å². The molecule has 3 N–H and O–H groups in total. The maximum atomic E-state index is 12.2. The molecule has 1 saturated heterocycles. The fraction of sp³-hybridized carbons (Fsp3) is 0.571. The predicted octanol–water partition coefficient (Wildman–Crippen LogP) is 2.72. The molecule has 3 rings (SSSR count). The van der Waals surface area contributed by atoms with Gasteiger partial charge in [0, 0.05) is 31.2 Å². The normalized spacial score (nSPS) is 16.6. The number of nitrogens with zero attached hydrogens (tertiary/aromatic N) is 2. The van der Waals surface area contributed by atoms with Crippen molar-refractivity contribution in [1.29, 1.82) is 0 Å². The third-order valence-electron chi connectivity index (χ3n) is 5.30. The molecule has 2 aliphatic rings. The van der Waals surface area contributed by atoms with Crippen molar-refractivity contribution in [2.75, 3.05) is 31.5 Å². The smallest absolute Gasteiger partial charge is 0.241 e. The Labute approximate surface area is 190 Å². The zero-order valence-electron chi connectivity index (χ0n) is 17.1. The highest BCUT2D eigenvalue weighted by molar-refractivity contribution is 14.0. The molecule has 2 amide bonds. The molecule has 1 aromatic rings. The Morgan fingerprint density at radius 1 is 1.14 bits per heavy atom. The summed E-state index contributed by atoms with van der Waals surface area (Å²) in [7, 11) is 0. The molecule has 0 radical (unpaired) electrons. The first-order valence-corrected chi connectivity index (χ1v) is 10.4. The summed E-state index contributed by atoms with van der Waals surface area (Å²) in [4.78, 5) is 30.8. The number of benzene rings is 1. The molecule has 8 heteroatoms. The van der Waals surface area contributed by atoms with Crippen LogP contribution in [-0.2, 0) is 16.1 Å². The Bertz CT molecular complexity index is 715. The van der Waals surface area contributed by atoms with Gasteiger partial charge in [0.1, 0.15) is 0 Å². The van der Waals surface area contributed by atoms with Crippen LogP contribution in [0.2, 0.25) is 0 Å². The third kappa shape index (κ3) is 7.17. The Morgan fingerprint density at radius 3 is 2.55 bits per heavy atom. The fourth-order valence-corrected chi connectivity index (χ4v) is 3.41. The number of carbonyl (C=O) groups excluding carboxylic acids is 2. The van der Waals surface area contributed by atoms with E-state index in [4.69, 9.17) is 0 Å². The van der Waals surface area contributed by atoms with Gasteiger partial charge in [-0.2, -0.15) is 0 Å². The molecule has 0 spiro atoms. The van der Waals surface area contributed by atoms with Gasteiger partial charge in [-0.1, -0.05) is 18.6 Å². The minimum Gasteiger partial charge on any atom is -0.357 e. The van der Waals surface area contributed by atoms with Gasteiger partial charge in [0.25, 0.3) is 0 Å². The van der Waals surface area contributed by atoms with E-state index in [0.29, 0.717) is 12.5 Å². The second-order valence-electron chi connectivity index (χ2n) is 7.45. The number of halogens is 1. The predicted molar refractivity (Wildman–Crippen MR) is 126 cm³/mol. The summed E-state index contributed by atoms with van der Waals surface area (Å²) in [5, 5.41) is 9.30. The van der Waals surface area contributed by atoms with Crippen molar-refractivity contribution >= 4 is 47.4 Å². The van der Waals surface area contributed by atoms with E-state index in [1.807, 2.05) is 36.1 Å². The van der Waals surface area contributed by atoms with Gasteiger partial charge in [-0.05, 0) is 50.3 Å². The summed E-state index contributed by atoms with van der Waals surface area (Å²) in [6.45, 7) is 5.15. The molecule has 0 bridgehead atoms. The number of anilines is 1. The van der Waals surface area contributed by atoms with Gasteiger partial charge < -0.3 is 20.9 Å². The van der Waals surface area contributed by atoms with Crippen molar-refractivity contribution < 1.29 is 9.59 Å². The molecular weight excluding hydrogens is 481 g/mol. The zero-order chi connectivity index (χ0) is 19.8. The molecule has 29 heavy (non-hydrogen) atoms. The van der Waals surface area contributed by atoms with Crippen LogP contribution in [-0.4, -0.2) is 48.9 Å². The lowest BCUT2D eigenvalue weighted by Crippen LogP contribution is -2.44. The number of amides is 2. The van der Waals surface area contributed by atoms with E-state index in [1.165, 1.54) is 0 Å². The van der Waals surface area contributed by atoms with E-state index >= 15 is 0 Å². The van der Waals surface area contributed by atoms with E-state index < -0.39 is 0 Å². The average Bonchev–Trinajstić information content (AvgIpc) is 3.17. The Balaban J connectivity index is 0.00000300. The van der Waals surface area contributed by atoms with Crippen LogP contribution in [0, 0.1) is 5.92 Å². The fourth-order valence-electron chi connectivity index (χ4n) is 3.41. The van der Waals surface area contributed by atoms with Crippen molar-refractivity contribution in [1.82, 2.24) is 15.5 Å². The van der Waals surface area contributed by atoms with Crippen molar-refractivity contribution in [3.63, 3.8) is 0 Å². The van der Waals surface area contributed by atoms with Crippen LogP contribution in [0.1, 0.15) is 44.6 Å². The summed E-state index contributed by atoms with van der Waals surface area (Å²) in [5.74, 6) is 1.02. The van der Waals surface area contributed by atoms with Crippen LogP contribution in [0.25, 0.3) is 0 Å². The molecule has 1 aliphatic heterocycles. The zero-order valence-corrected chi connectivity index (χ0v) is 19.4. The van der Waals surface area contributed by atoms with Crippen LogP contribution in [0.15, 0.2) is 29.3 Å². The second kappa shape index (κ2) is 12.0. The van der Waals surface area contributed by atoms with Gasteiger partial charge in [-0.3, -0.25) is 9.59 Å². The summed E-state index contributed by atoms with van der Waals surface area (Å²) in [5.41, 5.74) is 1.82. The van der Waals surface area contributed by atoms with Gasteiger partial charge in [0.05, 0.1) is 13.1 Å². The number of hydrogen-bond acceptors (Lipinski definition) is 3. The number of hydrogen-bond donors (Lipinski definition) is 3. The summed E-state index contributed by atoms with van der Waals surface area (Å²) >= 11 is 0. The highest BCUT2D eigenvalue weighted by Crippen LogP contribution is 2.27. The highest BCUT2D eigenvalue weighted by atomic mass is 127. The van der Waals surface area contributed by atoms with E-state index in [0.717, 1.165) is 63.0 Å². The molecule has 1 heterocycles. The topological polar surface area (TPSA) is 85.8 Å². The second-order valence-corrected chi connectivity index (χ2v) is 7.45. The number of guanidine groups is 1. The molecular formula is C21H32IN5O2.